The van der Waals surface area contributed by atoms with Crippen LogP contribution in [0.4, 0.5) is 0 Å². The lowest BCUT2D eigenvalue weighted by molar-refractivity contribution is -0.00422. The lowest BCUT2D eigenvalue weighted by Crippen LogP contribution is -2.18. The smallest absolute Gasteiger partial charge is 0.0948 e. The minimum Gasteiger partial charge on any atom is -0.382 e. The van der Waals surface area contributed by atoms with Gasteiger partial charge in [0.1, 0.15) is 0 Å². The predicted molar refractivity (Wildman–Crippen MR) is 71.9 cm³/mol. The number of hydrogen-bond acceptors (Lipinski definition) is 4. The van der Waals surface area contributed by atoms with E-state index in [-0.39, 0.29) is 6.10 Å². The fraction of sp³-hybridized carbons (Fsp3) is 0.538. The van der Waals surface area contributed by atoms with Crippen LogP contribution in [-0.4, -0.2) is 40.1 Å². The van der Waals surface area contributed by atoms with Crippen LogP contribution in [-0.2, 0) is 14.2 Å². The zero-order valence-electron chi connectivity index (χ0n) is 10.6. The SMILES string of the molecule is COCCOCCOC(CN)c1ccc(Cl)cc1. The Morgan fingerprint density at radius 2 is 1.78 bits per heavy atom. The van der Waals surface area contributed by atoms with E-state index in [0.717, 1.165) is 5.56 Å². The summed E-state index contributed by atoms with van der Waals surface area (Å²) in [6.45, 7) is 2.65. The highest BCUT2D eigenvalue weighted by molar-refractivity contribution is 6.30. The molecule has 4 nitrogen and oxygen atoms in total. The van der Waals surface area contributed by atoms with Crippen molar-refractivity contribution in [2.75, 3.05) is 40.1 Å². The van der Waals surface area contributed by atoms with Crippen molar-refractivity contribution in [3.8, 4) is 0 Å². The number of nitrogens with two attached hydrogens (primary N) is 1. The standard InChI is InChI=1S/C13H20ClNO3/c1-16-6-7-17-8-9-18-13(10-15)11-2-4-12(14)5-3-11/h2-5,13H,6-10,15H2,1H3. The van der Waals surface area contributed by atoms with Crippen molar-refractivity contribution in [1.82, 2.24) is 0 Å². The summed E-state index contributed by atoms with van der Waals surface area (Å²) in [6, 6.07) is 7.51. The van der Waals surface area contributed by atoms with E-state index in [2.05, 4.69) is 0 Å². The summed E-state index contributed by atoms with van der Waals surface area (Å²) in [7, 11) is 1.64. The van der Waals surface area contributed by atoms with E-state index in [1.807, 2.05) is 24.3 Å². The Kier molecular flexibility index (Phi) is 7.96. The number of halogens is 1. The molecule has 2 N–H and O–H groups in total. The summed E-state index contributed by atoms with van der Waals surface area (Å²) in [5.41, 5.74) is 6.71. The number of methoxy groups -OCH3 is 1. The lowest BCUT2D eigenvalue weighted by atomic mass is 10.1. The van der Waals surface area contributed by atoms with Gasteiger partial charge in [0.15, 0.2) is 0 Å². The molecule has 0 fully saturated rings. The molecule has 5 heteroatoms. The topological polar surface area (TPSA) is 53.7 Å². The van der Waals surface area contributed by atoms with Gasteiger partial charge in [-0.3, -0.25) is 0 Å². The van der Waals surface area contributed by atoms with Gasteiger partial charge in [-0.1, -0.05) is 23.7 Å². The molecule has 1 aromatic rings. The first-order valence-electron chi connectivity index (χ1n) is 5.91. The lowest BCUT2D eigenvalue weighted by Gasteiger charge is -2.16. The van der Waals surface area contributed by atoms with Crippen molar-refractivity contribution >= 4 is 11.6 Å². The molecule has 102 valence electrons. The van der Waals surface area contributed by atoms with Crippen molar-refractivity contribution in [3.63, 3.8) is 0 Å². The molecule has 0 amide bonds. The molecule has 0 saturated carbocycles. The Balaban J connectivity index is 2.27. The monoisotopic (exact) mass is 273 g/mol. The Morgan fingerprint density at radius 1 is 1.11 bits per heavy atom. The quantitative estimate of drug-likeness (QED) is 0.700. The van der Waals surface area contributed by atoms with Gasteiger partial charge in [0.25, 0.3) is 0 Å². The van der Waals surface area contributed by atoms with Crippen molar-refractivity contribution in [2.24, 2.45) is 5.73 Å². The zero-order valence-corrected chi connectivity index (χ0v) is 11.4. The number of benzene rings is 1. The highest BCUT2D eigenvalue weighted by Crippen LogP contribution is 2.18. The maximum Gasteiger partial charge on any atom is 0.0948 e. The molecule has 0 aliphatic heterocycles. The maximum atomic E-state index is 5.83. The summed E-state index contributed by atoms with van der Waals surface area (Å²) in [5, 5.41) is 0.706. The number of hydrogen-bond donors (Lipinski definition) is 1. The third-order valence-electron chi connectivity index (χ3n) is 2.43. The van der Waals surface area contributed by atoms with E-state index in [4.69, 9.17) is 31.5 Å². The van der Waals surface area contributed by atoms with Crippen LogP contribution in [0, 0.1) is 0 Å². The largest absolute Gasteiger partial charge is 0.382 e. The zero-order chi connectivity index (χ0) is 13.2. The molecule has 0 spiro atoms. The highest BCUT2D eigenvalue weighted by atomic mass is 35.5. The Hall–Kier alpha value is -0.650. The van der Waals surface area contributed by atoms with Gasteiger partial charge < -0.3 is 19.9 Å². The Morgan fingerprint density at radius 3 is 2.39 bits per heavy atom. The van der Waals surface area contributed by atoms with Gasteiger partial charge in [-0.25, -0.2) is 0 Å². The van der Waals surface area contributed by atoms with Crippen LogP contribution >= 0.6 is 11.6 Å². The summed E-state index contributed by atoms with van der Waals surface area (Å²) in [5.74, 6) is 0. The van der Waals surface area contributed by atoms with Crippen LogP contribution in [0.1, 0.15) is 11.7 Å². The Labute approximate surface area is 113 Å². The van der Waals surface area contributed by atoms with Gasteiger partial charge in [0.2, 0.25) is 0 Å². The van der Waals surface area contributed by atoms with E-state index in [1.165, 1.54) is 0 Å². The summed E-state index contributed by atoms with van der Waals surface area (Å²) in [6.07, 6.45) is -0.117. The molecule has 1 aromatic carbocycles. The maximum absolute atomic E-state index is 5.83. The van der Waals surface area contributed by atoms with E-state index in [9.17, 15) is 0 Å². The number of ether oxygens (including phenoxy) is 3. The minimum atomic E-state index is -0.117. The average Bonchev–Trinajstić information content (AvgIpc) is 2.39. The third kappa shape index (κ3) is 5.80. The highest BCUT2D eigenvalue weighted by Gasteiger charge is 2.09. The molecule has 1 rings (SSSR count). The van der Waals surface area contributed by atoms with Gasteiger partial charge in [-0.05, 0) is 17.7 Å². The molecular weight excluding hydrogens is 254 g/mol. The second-order valence-electron chi connectivity index (χ2n) is 3.75. The fourth-order valence-electron chi connectivity index (χ4n) is 1.47. The van der Waals surface area contributed by atoms with E-state index in [1.54, 1.807) is 7.11 Å². The molecule has 0 bridgehead atoms. The molecule has 0 heterocycles. The van der Waals surface area contributed by atoms with Crippen molar-refractivity contribution in [1.29, 1.82) is 0 Å². The second kappa shape index (κ2) is 9.30. The van der Waals surface area contributed by atoms with Gasteiger partial charge in [-0.15, -0.1) is 0 Å². The van der Waals surface area contributed by atoms with E-state index >= 15 is 0 Å². The summed E-state index contributed by atoms with van der Waals surface area (Å²) >= 11 is 5.83. The molecule has 1 unspecified atom stereocenters. The van der Waals surface area contributed by atoms with Crippen molar-refractivity contribution < 1.29 is 14.2 Å². The fourth-order valence-corrected chi connectivity index (χ4v) is 1.60. The van der Waals surface area contributed by atoms with Gasteiger partial charge in [0, 0.05) is 18.7 Å². The minimum absolute atomic E-state index is 0.117. The summed E-state index contributed by atoms with van der Waals surface area (Å²) < 4.78 is 15.8. The van der Waals surface area contributed by atoms with Gasteiger partial charge in [-0.2, -0.15) is 0 Å². The molecule has 0 saturated heterocycles. The van der Waals surface area contributed by atoms with Crippen molar-refractivity contribution in [2.45, 2.75) is 6.10 Å². The number of rotatable bonds is 9. The second-order valence-corrected chi connectivity index (χ2v) is 4.19. The summed E-state index contributed by atoms with van der Waals surface area (Å²) in [4.78, 5) is 0. The third-order valence-corrected chi connectivity index (χ3v) is 2.69. The first kappa shape index (κ1) is 15.4. The van der Waals surface area contributed by atoms with Crippen LogP contribution in [0.15, 0.2) is 24.3 Å². The van der Waals surface area contributed by atoms with Gasteiger partial charge >= 0.3 is 0 Å². The van der Waals surface area contributed by atoms with Crippen molar-refractivity contribution in [3.05, 3.63) is 34.9 Å². The Bertz CT molecular complexity index is 319. The van der Waals surface area contributed by atoms with Crippen LogP contribution < -0.4 is 5.73 Å². The van der Waals surface area contributed by atoms with Gasteiger partial charge in [0.05, 0.1) is 32.5 Å². The molecule has 0 aliphatic carbocycles. The molecule has 0 aliphatic rings. The average molecular weight is 274 g/mol. The van der Waals surface area contributed by atoms with Crippen LogP contribution in [0.5, 0.6) is 0 Å². The first-order chi connectivity index (χ1) is 8.77. The molecule has 18 heavy (non-hydrogen) atoms. The first-order valence-corrected chi connectivity index (χ1v) is 6.29. The van der Waals surface area contributed by atoms with Crippen LogP contribution in [0.2, 0.25) is 5.02 Å². The van der Waals surface area contributed by atoms with E-state index in [0.29, 0.717) is 38.0 Å². The molecule has 1 atom stereocenters. The molecular formula is C13H20ClNO3. The predicted octanol–water partition coefficient (Wildman–Crippen LogP) is 2.02. The molecule has 0 aromatic heterocycles. The van der Waals surface area contributed by atoms with E-state index < -0.39 is 0 Å². The van der Waals surface area contributed by atoms with Crippen LogP contribution in [0.25, 0.3) is 0 Å². The molecule has 0 radical (unpaired) electrons. The normalized spacial score (nSPS) is 12.6. The van der Waals surface area contributed by atoms with Crippen LogP contribution in [0.3, 0.4) is 0 Å².